The van der Waals surface area contributed by atoms with Crippen molar-refractivity contribution in [2.45, 2.75) is 90.4 Å². The third-order valence-corrected chi connectivity index (χ3v) is 17.4. The third kappa shape index (κ3) is 12.2. The molecule has 0 bridgehead atoms. The smallest absolute Gasteiger partial charge is 0.232 e. The SMILES string of the molecule is CC[Si](CC)(CC)O[C@@H](CN(Cc1ccccc1)C(C)CC(c1ccc(OC)cc1)c1ccc(OC)cc1)c1ccc(OCc2ccccc2)c(NS(=O)(=O)CC)c1. The van der Waals surface area contributed by atoms with Crippen LogP contribution in [-0.4, -0.2) is 54.2 Å². The number of benzene rings is 5. The summed E-state index contributed by atoms with van der Waals surface area (Å²) in [6, 6.07) is 46.2. The topological polar surface area (TPSA) is 86.3 Å². The molecule has 0 saturated heterocycles. The number of hydrogen-bond acceptors (Lipinski definition) is 7. The Balaban J connectivity index is 1.57. The summed E-state index contributed by atoms with van der Waals surface area (Å²) in [4.78, 5) is 2.54. The van der Waals surface area contributed by atoms with E-state index in [1.807, 2.05) is 66.7 Å². The van der Waals surface area contributed by atoms with Crippen LogP contribution in [0.25, 0.3) is 0 Å². The van der Waals surface area contributed by atoms with Gasteiger partial charge in [-0.1, -0.05) is 112 Å². The predicted molar refractivity (Wildman–Crippen MR) is 240 cm³/mol. The number of nitrogens with zero attached hydrogens (tertiary/aromatic N) is 1. The highest BCUT2D eigenvalue weighted by atomic mass is 32.2. The van der Waals surface area contributed by atoms with Crippen LogP contribution in [0, 0.1) is 0 Å². The first-order chi connectivity index (χ1) is 28.0. The van der Waals surface area contributed by atoms with E-state index in [-0.39, 0.29) is 23.8 Å². The lowest BCUT2D eigenvalue weighted by atomic mass is 9.85. The maximum absolute atomic E-state index is 13.1. The zero-order valence-corrected chi connectivity index (χ0v) is 37.1. The first-order valence-electron chi connectivity index (χ1n) is 20.6. The minimum absolute atomic E-state index is 0.0568. The van der Waals surface area contributed by atoms with Gasteiger partial charge in [0.2, 0.25) is 10.0 Å². The molecule has 0 aliphatic rings. The van der Waals surface area contributed by atoms with E-state index in [9.17, 15) is 8.42 Å². The van der Waals surface area contributed by atoms with E-state index >= 15 is 0 Å². The van der Waals surface area contributed by atoms with E-state index < -0.39 is 18.3 Å². The number of nitrogens with one attached hydrogen (secondary N) is 1. The molecule has 2 atom stereocenters. The lowest BCUT2D eigenvalue weighted by Gasteiger charge is -2.39. The van der Waals surface area contributed by atoms with Gasteiger partial charge in [-0.05, 0) is 103 Å². The van der Waals surface area contributed by atoms with Gasteiger partial charge in [-0.2, -0.15) is 0 Å². The Morgan fingerprint density at radius 1 is 0.672 bits per heavy atom. The van der Waals surface area contributed by atoms with Gasteiger partial charge in [-0.3, -0.25) is 9.62 Å². The molecule has 0 fully saturated rings. The Morgan fingerprint density at radius 3 is 1.69 bits per heavy atom. The second-order valence-corrected chi connectivity index (χ2v) is 21.7. The van der Waals surface area contributed by atoms with Gasteiger partial charge in [0.25, 0.3) is 0 Å². The summed E-state index contributed by atoms with van der Waals surface area (Å²) in [7, 11) is -2.40. The van der Waals surface area contributed by atoms with Crippen LogP contribution in [0.1, 0.15) is 80.9 Å². The molecule has 0 radical (unpaired) electrons. The monoisotopic (exact) mass is 822 g/mol. The summed E-state index contributed by atoms with van der Waals surface area (Å²) >= 11 is 0. The highest BCUT2D eigenvalue weighted by molar-refractivity contribution is 7.92. The van der Waals surface area contributed by atoms with Crippen LogP contribution < -0.4 is 18.9 Å². The van der Waals surface area contributed by atoms with Crippen LogP contribution >= 0.6 is 0 Å². The highest BCUT2D eigenvalue weighted by Crippen LogP contribution is 2.38. The number of ether oxygens (including phenoxy) is 3. The molecule has 5 aromatic carbocycles. The molecular weight excluding hydrogens is 761 g/mol. The van der Waals surface area contributed by atoms with Crippen LogP contribution in [0.5, 0.6) is 17.2 Å². The molecule has 0 aliphatic heterocycles. The second kappa shape index (κ2) is 21.4. The van der Waals surface area contributed by atoms with Crippen molar-refractivity contribution in [3.63, 3.8) is 0 Å². The Bertz CT molecular complexity index is 2020. The molecule has 310 valence electrons. The van der Waals surface area contributed by atoms with Crippen LogP contribution in [0.4, 0.5) is 5.69 Å². The van der Waals surface area contributed by atoms with Crippen molar-refractivity contribution in [3.8, 4) is 17.2 Å². The van der Waals surface area contributed by atoms with Crippen LogP contribution in [-0.2, 0) is 27.6 Å². The highest BCUT2D eigenvalue weighted by Gasteiger charge is 2.35. The quantitative estimate of drug-likeness (QED) is 0.0657. The van der Waals surface area contributed by atoms with Gasteiger partial charge in [-0.15, -0.1) is 0 Å². The zero-order valence-electron chi connectivity index (χ0n) is 35.3. The molecule has 10 heteroatoms. The minimum atomic E-state index is -3.61. The summed E-state index contributed by atoms with van der Waals surface area (Å²) in [5.74, 6) is 2.16. The zero-order chi connectivity index (χ0) is 41.5. The number of rotatable bonds is 23. The molecular formula is C48H62N2O6SSi. The molecule has 5 aromatic rings. The van der Waals surface area contributed by atoms with E-state index in [0.717, 1.165) is 47.2 Å². The van der Waals surface area contributed by atoms with E-state index in [2.05, 4.69) is 98.0 Å². The second-order valence-electron chi connectivity index (χ2n) is 15.0. The van der Waals surface area contributed by atoms with Gasteiger partial charge < -0.3 is 18.6 Å². The first-order valence-corrected chi connectivity index (χ1v) is 24.8. The number of anilines is 1. The summed E-state index contributed by atoms with van der Waals surface area (Å²) in [5.41, 5.74) is 5.96. The van der Waals surface area contributed by atoms with Crippen molar-refractivity contribution in [2.24, 2.45) is 0 Å². The van der Waals surface area contributed by atoms with E-state index in [0.29, 0.717) is 31.1 Å². The average Bonchev–Trinajstić information content (AvgIpc) is 3.27. The molecule has 1 unspecified atom stereocenters. The largest absolute Gasteiger partial charge is 0.497 e. The summed E-state index contributed by atoms with van der Waals surface area (Å²) < 4.78 is 53.8. The molecule has 0 spiro atoms. The standard InChI is InChI=1S/C48H62N2O6SSi/c1-8-57(51,52)49-46-33-42(26-31-47(46)55-36-39-20-16-13-17-21-39)48(56-58(9-2,10-3)11-4)35-50(34-38-18-14-12-15-19-38)37(5)32-45(40-22-27-43(53-6)28-23-40)41-24-29-44(54-7)30-25-41/h12-31,33,37,45,48-49H,8-11,32,34-36H2,1-7H3/t37?,48-/m0/s1. The lowest BCUT2D eigenvalue weighted by Crippen LogP contribution is -2.43. The molecule has 0 saturated carbocycles. The summed E-state index contributed by atoms with van der Waals surface area (Å²) in [5, 5.41) is 0. The van der Waals surface area contributed by atoms with E-state index in [1.165, 1.54) is 16.7 Å². The fourth-order valence-corrected chi connectivity index (χ4v) is 11.0. The lowest BCUT2D eigenvalue weighted by molar-refractivity contribution is 0.0901. The van der Waals surface area contributed by atoms with E-state index in [1.54, 1.807) is 21.1 Å². The van der Waals surface area contributed by atoms with Crippen molar-refractivity contribution in [2.75, 3.05) is 31.2 Å². The molecule has 8 nitrogen and oxygen atoms in total. The van der Waals surface area contributed by atoms with Gasteiger partial charge >= 0.3 is 0 Å². The number of hydrogen-bond donors (Lipinski definition) is 1. The van der Waals surface area contributed by atoms with Gasteiger partial charge in [0.05, 0.1) is 31.8 Å². The predicted octanol–water partition coefficient (Wildman–Crippen LogP) is 11.2. The van der Waals surface area contributed by atoms with Crippen molar-refractivity contribution in [3.05, 3.63) is 155 Å². The van der Waals surface area contributed by atoms with Crippen LogP contribution in [0.3, 0.4) is 0 Å². The molecule has 0 aromatic heterocycles. The van der Waals surface area contributed by atoms with Crippen molar-refractivity contribution in [1.29, 1.82) is 0 Å². The fourth-order valence-electron chi connectivity index (χ4n) is 7.50. The summed E-state index contributed by atoms with van der Waals surface area (Å²) in [6.07, 6.45) is 0.510. The normalized spacial score (nSPS) is 13.0. The number of methoxy groups -OCH3 is 2. The average molecular weight is 823 g/mol. The third-order valence-electron chi connectivity index (χ3n) is 11.4. The van der Waals surface area contributed by atoms with E-state index in [4.69, 9.17) is 18.6 Å². The van der Waals surface area contributed by atoms with Gasteiger partial charge in [0, 0.05) is 25.0 Å². The first kappa shape index (κ1) is 44.5. The Labute approximate surface area is 348 Å². The minimum Gasteiger partial charge on any atom is -0.497 e. The maximum atomic E-state index is 13.1. The van der Waals surface area contributed by atoms with Crippen LogP contribution in [0.2, 0.25) is 18.1 Å². The maximum Gasteiger partial charge on any atom is 0.232 e. The molecule has 1 N–H and O–H groups in total. The van der Waals surface area contributed by atoms with Crippen molar-refractivity contribution < 1.29 is 27.1 Å². The molecule has 0 amide bonds. The Kier molecular flexibility index (Phi) is 16.4. The number of sulfonamides is 1. The fraction of sp³-hybridized carbons (Fsp3) is 0.375. The van der Waals surface area contributed by atoms with Crippen molar-refractivity contribution >= 4 is 24.0 Å². The van der Waals surface area contributed by atoms with Gasteiger partial charge in [0.1, 0.15) is 23.9 Å². The molecule has 5 rings (SSSR count). The molecule has 0 heterocycles. The van der Waals surface area contributed by atoms with Gasteiger partial charge in [-0.25, -0.2) is 8.42 Å². The molecule has 58 heavy (non-hydrogen) atoms. The van der Waals surface area contributed by atoms with Gasteiger partial charge in [0.15, 0.2) is 8.32 Å². The summed E-state index contributed by atoms with van der Waals surface area (Å²) in [6.45, 7) is 12.3. The van der Waals surface area contributed by atoms with Crippen molar-refractivity contribution in [1.82, 2.24) is 4.90 Å². The molecule has 0 aliphatic carbocycles. The van der Waals surface area contributed by atoms with Crippen LogP contribution in [0.15, 0.2) is 127 Å². The Morgan fingerprint density at radius 2 is 1.19 bits per heavy atom. The Hall–Kier alpha value is -4.61.